The van der Waals surface area contributed by atoms with E-state index in [1.165, 1.54) is 6.08 Å². The van der Waals surface area contributed by atoms with Crippen LogP contribution in [0, 0.1) is 0 Å². The summed E-state index contributed by atoms with van der Waals surface area (Å²) < 4.78 is 9.01. The first-order valence-electron chi connectivity index (χ1n) is 3.95. The fourth-order valence-electron chi connectivity index (χ4n) is 0.678. The molecule has 5 heteroatoms. The van der Waals surface area contributed by atoms with Crippen molar-refractivity contribution in [3.05, 3.63) is 24.5 Å². The monoisotopic (exact) mass is 200 g/mol. The molecule has 0 atom stereocenters. The molecule has 0 aliphatic carbocycles. The van der Waals surface area contributed by atoms with E-state index < -0.39 is 12.1 Å². The van der Waals surface area contributed by atoms with Gasteiger partial charge in [0.15, 0.2) is 0 Å². The maximum absolute atomic E-state index is 10.6. The predicted molar refractivity (Wildman–Crippen MR) is 48.6 cm³/mol. The Bertz CT molecular complexity index is 254. The van der Waals surface area contributed by atoms with Gasteiger partial charge in [-0.3, -0.25) is 0 Å². The molecular formula is C9H12O5. The van der Waals surface area contributed by atoms with Crippen molar-refractivity contribution in [3.63, 3.8) is 0 Å². The number of esters is 1. The molecule has 0 aromatic carbocycles. The van der Waals surface area contributed by atoms with Crippen molar-refractivity contribution >= 4 is 12.1 Å². The molecule has 0 aliphatic rings. The quantitative estimate of drug-likeness (QED) is 0.415. The lowest BCUT2D eigenvalue weighted by Gasteiger charge is -2.04. The van der Waals surface area contributed by atoms with Crippen LogP contribution in [-0.2, 0) is 14.3 Å². The van der Waals surface area contributed by atoms with E-state index in [4.69, 9.17) is 5.11 Å². The van der Waals surface area contributed by atoms with Gasteiger partial charge in [0.25, 0.3) is 0 Å². The summed E-state index contributed by atoms with van der Waals surface area (Å²) in [5, 5.41) is 8.28. The van der Waals surface area contributed by atoms with Crippen LogP contribution in [0.3, 0.4) is 0 Å². The number of carboxylic acid groups (broad SMARTS) is 1. The fourth-order valence-corrected chi connectivity index (χ4v) is 0.678. The van der Waals surface area contributed by atoms with Gasteiger partial charge in [-0.05, 0) is 13.0 Å². The Morgan fingerprint density at radius 2 is 2.14 bits per heavy atom. The zero-order valence-corrected chi connectivity index (χ0v) is 7.86. The van der Waals surface area contributed by atoms with Crippen molar-refractivity contribution < 1.29 is 24.2 Å². The minimum atomic E-state index is -1.38. The van der Waals surface area contributed by atoms with Crippen LogP contribution in [-0.4, -0.2) is 23.8 Å². The summed E-state index contributed by atoms with van der Waals surface area (Å²) in [6.07, 6.45) is 1.37. The lowest BCUT2D eigenvalue weighted by Crippen LogP contribution is -2.06. The lowest BCUT2D eigenvalue weighted by molar-refractivity contribution is -0.137. The maximum Gasteiger partial charge on any atom is 0.511 e. The van der Waals surface area contributed by atoms with E-state index in [0.717, 1.165) is 6.08 Å². The molecule has 0 saturated carbocycles. The highest BCUT2D eigenvalue weighted by Crippen LogP contribution is 2.04. The number of hydrogen-bond donors (Lipinski definition) is 1. The molecule has 1 N–H and O–H groups in total. The Kier molecular flexibility index (Phi) is 5.85. The number of carbonyl (C=O) groups is 2. The van der Waals surface area contributed by atoms with Crippen molar-refractivity contribution in [2.24, 2.45) is 0 Å². The topological polar surface area (TPSA) is 72.8 Å². The molecule has 0 radical (unpaired) electrons. The van der Waals surface area contributed by atoms with Gasteiger partial charge in [-0.25, -0.2) is 9.59 Å². The summed E-state index contributed by atoms with van der Waals surface area (Å²) in [6, 6.07) is 0. The molecular weight excluding hydrogens is 188 g/mol. The summed E-state index contributed by atoms with van der Waals surface area (Å²) >= 11 is 0. The molecule has 78 valence electrons. The molecule has 0 aromatic rings. The molecule has 0 aliphatic heterocycles. The molecule has 5 nitrogen and oxygen atoms in total. The van der Waals surface area contributed by atoms with Gasteiger partial charge in [-0.2, -0.15) is 0 Å². The summed E-state index contributed by atoms with van der Waals surface area (Å²) in [6.45, 7) is 4.91. The first-order valence-corrected chi connectivity index (χ1v) is 3.95. The van der Waals surface area contributed by atoms with Crippen molar-refractivity contribution in [1.29, 1.82) is 0 Å². The highest BCUT2D eigenvalue weighted by atomic mass is 16.7. The van der Waals surface area contributed by atoms with E-state index in [1.54, 1.807) is 6.92 Å². The molecule has 0 bridgehead atoms. The van der Waals surface area contributed by atoms with Gasteiger partial charge in [0, 0.05) is 12.5 Å². The van der Waals surface area contributed by atoms with Gasteiger partial charge in [0.2, 0.25) is 0 Å². The summed E-state index contributed by atoms with van der Waals surface area (Å²) in [4.78, 5) is 20.7. The van der Waals surface area contributed by atoms with Crippen LogP contribution in [0.1, 0.15) is 13.3 Å². The normalized spacial score (nSPS) is 10.5. The van der Waals surface area contributed by atoms with Crippen molar-refractivity contribution in [1.82, 2.24) is 0 Å². The average molecular weight is 200 g/mol. The van der Waals surface area contributed by atoms with Gasteiger partial charge in [-0.15, -0.1) is 0 Å². The highest BCUT2D eigenvalue weighted by molar-refractivity contribution is 5.81. The van der Waals surface area contributed by atoms with Crippen LogP contribution in [0.2, 0.25) is 0 Å². The van der Waals surface area contributed by atoms with Gasteiger partial charge >= 0.3 is 12.1 Å². The molecule has 0 heterocycles. The van der Waals surface area contributed by atoms with Crippen molar-refractivity contribution in [2.75, 3.05) is 6.61 Å². The highest BCUT2D eigenvalue weighted by Gasteiger charge is 2.04. The van der Waals surface area contributed by atoms with Crippen molar-refractivity contribution in [2.45, 2.75) is 13.3 Å². The zero-order chi connectivity index (χ0) is 11.0. The Balaban J connectivity index is 3.80. The standard InChI is InChI=1S/C9H12O5/c1-3-7(14-9(11)12)5-6-13-8(10)4-2/h3-4H,2,5-6H2,1H3,(H,11,12). The van der Waals surface area contributed by atoms with Gasteiger partial charge in [-0.1, -0.05) is 6.58 Å². The Morgan fingerprint density at radius 3 is 2.57 bits per heavy atom. The van der Waals surface area contributed by atoms with E-state index in [0.29, 0.717) is 0 Å². The van der Waals surface area contributed by atoms with Crippen LogP contribution in [0.4, 0.5) is 4.79 Å². The van der Waals surface area contributed by atoms with Gasteiger partial charge < -0.3 is 14.6 Å². The average Bonchev–Trinajstić information content (AvgIpc) is 2.15. The maximum atomic E-state index is 10.6. The predicted octanol–water partition coefficient (Wildman–Crippen LogP) is 1.70. The summed E-state index contributed by atoms with van der Waals surface area (Å²) in [5.74, 6) is -0.301. The second-order valence-electron chi connectivity index (χ2n) is 2.24. The summed E-state index contributed by atoms with van der Waals surface area (Å²) in [7, 11) is 0. The number of allylic oxidation sites excluding steroid dienone is 1. The molecule has 0 amide bonds. The number of ether oxygens (including phenoxy) is 2. The van der Waals surface area contributed by atoms with Crippen LogP contribution < -0.4 is 0 Å². The third kappa shape index (κ3) is 5.82. The lowest BCUT2D eigenvalue weighted by atomic mass is 10.3. The number of rotatable bonds is 5. The van der Waals surface area contributed by atoms with Crippen LogP contribution >= 0.6 is 0 Å². The molecule has 0 unspecified atom stereocenters. The van der Waals surface area contributed by atoms with E-state index in [-0.39, 0.29) is 18.8 Å². The minimum Gasteiger partial charge on any atom is -0.462 e. The third-order valence-electron chi connectivity index (χ3n) is 1.30. The summed E-state index contributed by atoms with van der Waals surface area (Å²) in [5.41, 5.74) is 0. The van der Waals surface area contributed by atoms with Gasteiger partial charge in [0.05, 0.1) is 6.61 Å². The van der Waals surface area contributed by atoms with E-state index in [9.17, 15) is 9.59 Å². The smallest absolute Gasteiger partial charge is 0.462 e. The third-order valence-corrected chi connectivity index (χ3v) is 1.30. The van der Waals surface area contributed by atoms with Gasteiger partial charge in [0.1, 0.15) is 5.76 Å². The molecule has 0 spiro atoms. The van der Waals surface area contributed by atoms with E-state index in [2.05, 4.69) is 16.1 Å². The van der Waals surface area contributed by atoms with Crippen LogP contribution in [0.15, 0.2) is 24.5 Å². The van der Waals surface area contributed by atoms with E-state index in [1.807, 2.05) is 0 Å². The number of carbonyl (C=O) groups excluding carboxylic acids is 1. The zero-order valence-electron chi connectivity index (χ0n) is 7.86. The second-order valence-corrected chi connectivity index (χ2v) is 2.24. The second kappa shape index (κ2) is 6.71. The van der Waals surface area contributed by atoms with Crippen molar-refractivity contribution in [3.8, 4) is 0 Å². The molecule has 0 fully saturated rings. The molecule has 0 aromatic heterocycles. The van der Waals surface area contributed by atoms with E-state index >= 15 is 0 Å². The minimum absolute atomic E-state index is 0.0673. The molecule has 14 heavy (non-hydrogen) atoms. The Labute approximate surface area is 81.6 Å². The molecule has 0 saturated heterocycles. The van der Waals surface area contributed by atoms with Crippen LogP contribution in [0.5, 0.6) is 0 Å². The largest absolute Gasteiger partial charge is 0.511 e. The SMILES string of the molecule is C=CC(=O)OCCC(=CC)OC(=O)O. The first kappa shape index (κ1) is 12.2. The van der Waals surface area contributed by atoms with Crippen LogP contribution in [0.25, 0.3) is 0 Å². The fraction of sp³-hybridized carbons (Fsp3) is 0.333. The molecule has 0 rings (SSSR count). The Morgan fingerprint density at radius 1 is 1.50 bits per heavy atom. The first-order chi connectivity index (χ1) is 6.60. The number of hydrogen-bond acceptors (Lipinski definition) is 4. The Hall–Kier alpha value is -1.78.